The first kappa shape index (κ1) is 19.9. The summed E-state index contributed by atoms with van der Waals surface area (Å²) >= 11 is 0. The summed E-state index contributed by atoms with van der Waals surface area (Å²) in [6, 6.07) is 6.83. The molecule has 1 aliphatic rings. The molecule has 142 valence electrons. The van der Waals surface area contributed by atoms with Crippen LogP contribution in [0.25, 0.3) is 0 Å². The van der Waals surface area contributed by atoms with E-state index in [4.69, 9.17) is 9.84 Å². The minimum atomic E-state index is -1.50. The minimum absolute atomic E-state index is 0.261. The van der Waals surface area contributed by atoms with Gasteiger partial charge >= 0.3 is 5.97 Å². The summed E-state index contributed by atoms with van der Waals surface area (Å²) in [5.41, 5.74) is 1.41. The summed E-state index contributed by atoms with van der Waals surface area (Å²) in [6.45, 7) is 3.19. The van der Waals surface area contributed by atoms with Gasteiger partial charge in [0.25, 0.3) is 5.91 Å². The fraction of sp³-hybridized carbons (Fsp3) is 0.444. The monoisotopic (exact) mass is 365 g/mol. The van der Waals surface area contributed by atoms with Crippen molar-refractivity contribution in [3.63, 3.8) is 0 Å². The molecule has 0 saturated carbocycles. The van der Waals surface area contributed by atoms with Crippen LogP contribution in [0.3, 0.4) is 0 Å². The van der Waals surface area contributed by atoms with Crippen LogP contribution in [-0.4, -0.2) is 63.3 Å². The van der Waals surface area contributed by atoms with Crippen LogP contribution in [0.4, 0.5) is 0 Å². The van der Waals surface area contributed by atoms with Crippen LogP contribution in [0.5, 0.6) is 0 Å². The zero-order valence-electron chi connectivity index (χ0n) is 14.5. The van der Waals surface area contributed by atoms with Gasteiger partial charge in [-0.1, -0.05) is 24.6 Å². The number of carboxylic acid groups (broad SMARTS) is 1. The largest absolute Gasteiger partial charge is 0.480 e. The highest BCUT2D eigenvalue weighted by molar-refractivity contribution is 5.94. The lowest BCUT2D eigenvalue weighted by Gasteiger charge is -2.36. The average Bonchev–Trinajstić information content (AvgIpc) is 2.61. The molecular formula is C18H23NO7. The summed E-state index contributed by atoms with van der Waals surface area (Å²) in [7, 11) is 0. The molecule has 1 aromatic carbocycles. The van der Waals surface area contributed by atoms with Crippen LogP contribution in [0.15, 0.2) is 36.1 Å². The third kappa shape index (κ3) is 4.60. The van der Waals surface area contributed by atoms with Gasteiger partial charge in [0.2, 0.25) is 5.76 Å². The molecule has 1 aromatic rings. The molecule has 0 saturated heterocycles. The highest BCUT2D eigenvalue weighted by Gasteiger charge is 2.40. The number of aliphatic carboxylic acids is 1. The second-order valence-electron chi connectivity index (χ2n) is 6.40. The standard InChI is InChI=1S/C18H23NO7/c1-9-3-5-11(6-4-9)17(23)19-8-13(21)15(22)16-10(2)12(20)7-14(26-16)18(24)25/h3-7,10,12-13,15-16,20-22H,8H2,1-2H3,(H,19,23)(H,24,25)/t10-,12+,13-,15-,16-/m1/s1. The molecule has 1 amide bonds. The maximum absolute atomic E-state index is 12.1. The first-order chi connectivity index (χ1) is 12.2. The van der Waals surface area contributed by atoms with Gasteiger partial charge in [-0.05, 0) is 25.1 Å². The Morgan fingerprint density at radius 1 is 1.23 bits per heavy atom. The third-order valence-electron chi connectivity index (χ3n) is 4.37. The number of hydrogen-bond acceptors (Lipinski definition) is 6. The van der Waals surface area contributed by atoms with Crippen molar-refractivity contribution in [2.45, 2.75) is 38.3 Å². The van der Waals surface area contributed by atoms with E-state index < -0.39 is 48.0 Å². The van der Waals surface area contributed by atoms with E-state index >= 15 is 0 Å². The van der Waals surface area contributed by atoms with Gasteiger partial charge in [-0.25, -0.2) is 4.79 Å². The number of carbonyl (C=O) groups is 2. The predicted octanol–water partition coefficient (Wildman–Crippen LogP) is -0.189. The maximum Gasteiger partial charge on any atom is 0.370 e. The van der Waals surface area contributed by atoms with Crippen LogP contribution >= 0.6 is 0 Å². The molecule has 0 unspecified atom stereocenters. The van der Waals surface area contributed by atoms with Crippen LogP contribution in [0.2, 0.25) is 0 Å². The van der Waals surface area contributed by atoms with Crippen molar-refractivity contribution in [1.82, 2.24) is 5.32 Å². The summed E-state index contributed by atoms with van der Waals surface area (Å²) in [4.78, 5) is 23.1. The zero-order valence-corrected chi connectivity index (χ0v) is 14.5. The van der Waals surface area contributed by atoms with E-state index in [1.54, 1.807) is 31.2 Å². The Hall–Kier alpha value is -2.42. The smallest absolute Gasteiger partial charge is 0.370 e. The van der Waals surface area contributed by atoms with Gasteiger partial charge in [0.15, 0.2) is 0 Å². The lowest BCUT2D eigenvalue weighted by atomic mass is 9.89. The Morgan fingerprint density at radius 3 is 2.42 bits per heavy atom. The summed E-state index contributed by atoms with van der Waals surface area (Å²) in [5, 5.41) is 41.8. The molecule has 0 spiro atoms. The lowest BCUT2D eigenvalue weighted by molar-refractivity contribution is -0.149. The fourth-order valence-corrected chi connectivity index (χ4v) is 2.64. The molecule has 0 radical (unpaired) electrons. The van der Waals surface area contributed by atoms with Crippen molar-refractivity contribution in [2.24, 2.45) is 5.92 Å². The number of aryl methyl sites for hydroxylation is 1. The quantitative estimate of drug-likeness (QED) is 0.471. The first-order valence-corrected chi connectivity index (χ1v) is 8.21. The summed E-state index contributed by atoms with van der Waals surface area (Å²) in [5.74, 6) is -2.93. The van der Waals surface area contributed by atoms with Gasteiger partial charge in [-0.15, -0.1) is 0 Å². The van der Waals surface area contributed by atoms with Crippen LogP contribution in [-0.2, 0) is 9.53 Å². The maximum atomic E-state index is 12.1. The van der Waals surface area contributed by atoms with Crippen molar-refractivity contribution in [3.8, 4) is 0 Å². The van der Waals surface area contributed by atoms with E-state index in [0.717, 1.165) is 11.6 Å². The molecule has 1 aliphatic heterocycles. The highest BCUT2D eigenvalue weighted by Crippen LogP contribution is 2.27. The number of ether oxygens (including phenoxy) is 1. The molecule has 0 fully saturated rings. The summed E-state index contributed by atoms with van der Waals surface area (Å²) in [6.07, 6.45) is -4.13. The molecule has 2 rings (SSSR count). The Kier molecular flexibility index (Phi) is 6.36. The van der Waals surface area contributed by atoms with Crippen molar-refractivity contribution in [1.29, 1.82) is 0 Å². The molecule has 8 nitrogen and oxygen atoms in total. The van der Waals surface area contributed by atoms with Crippen molar-refractivity contribution >= 4 is 11.9 Å². The molecule has 26 heavy (non-hydrogen) atoms. The first-order valence-electron chi connectivity index (χ1n) is 8.21. The van der Waals surface area contributed by atoms with E-state index in [0.29, 0.717) is 5.56 Å². The van der Waals surface area contributed by atoms with Crippen molar-refractivity contribution < 1.29 is 34.8 Å². The predicted molar refractivity (Wildman–Crippen MR) is 91.3 cm³/mol. The van der Waals surface area contributed by atoms with Gasteiger partial charge in [-0.2, -0.15) is 0 Å². The molecule has 0 aromatic heterocycles. The number of aliphatic hydroxyl groups excluding tert-OH is 3. The molecule has 8 heteroatoms. The zero-order chi connectivity index (χ0) is 19.4. The van der Waals surface area contributed by atoms with Crippen molar-refractivity contribution in [3.05, 3.63) is 47.2 Å². The Balaban J connectivity index is 1.97. The van der Waals surface area contributed by atoms with Gasteiger partial charge in [-0.3, -0.25) is 4.79 Å². The Bertz CT molecular complexity index is 685. The second-order valence-corrected chi connectivity index (χ2v) is 6.40. The summed E-state index contributed by atoms with van der Waals surface area (Å²) < 4.78 is 5.20. The number of amides is 1. The van der Waals surface area contributed by atoms with Gasteiger partial charge in [0.1, 0.15) is 18.3 Å². The van der Waals surface area contributed by atoms with E-state index in [1.807, 2.05) is 6.92 Å². The van der Waals surface area contributed by atoms with Crippen LogP contribution in [0, 0.1) is 12.8 Å². The number of carbonyl (C=O) groups excluding carboxylic acids is 1. The van der Waals surface area contributed by atoms with Crippen LogP contribution in [0.1, 0.15) is 22.8 Å². The Morgan fingerprint density at radius 2 is 1.85 bits per heavy atom. The number of nitrogens with one attached hydrogen (secondary N) is 1. The Labute approximate surface area is 150 Å². The van der Waals surface area contributed by atoms with Gasteiger partial charge in [0, 0.05) is 18.0 Å². The average molecular weight is 365 g/mol. The minimum Gasteiger partial charge on any atom is -0.480 e. The van der Waals surface area contributed by atoms with Crippen molar-refractivity contribution in [2.75, 3.05) is 6.54 Å². The van der Waals surface area contributed by atoms with Crippen LogP contribution < -0.4 is 5.32 Å². The number of hydrogen-bond donors (Lipinski definition) is 5. The molecule has 5 atom stereocenters. The number of benzene rings is 1. The molecule has 1 heterocycles. The molecule has 0 bridgehead atoms. The lowest BCUT2D eigenvalue weighted by Crippen LogP contribution is -2.51. The van der Waals surface area contributed by atoms with E-state index in [9.17, 15) is 24.9 Å². The normalized spacial score (nSPS) is 24.8. The highest BCUT2D eigenvalue weighted by atomic mass is 16.5. The molecule has 5 N–H and O–H groups in total. The fourth-order valence-electron chi connectivity index (χ4n) is 2.64. The topological polar surface area (TPSA) is 136 Å². The molecular weight excluding hydrogens is 342 g/mol. The van der Waals surface area contributed by atoms with Gasteiger partial charge in [0.05, 0.1) is 6.10 Å². The SMILES string of the molecule is Cc1ccc(C(=O)NC[C@@H](O)[C@@H](O)[C@@H]2OC(C(=O)O)=C[C@H](O)[C@H]2C)cc1. The van der Waals surface area contributed by atoms with E-state index in [1.165, 1.54) is 0 Å². The number of carboxylic acids is 1. The van der Waals surface area contributed by atoms with Gasteiger partial charge < -0.3 is 30.5 Å². The third-order valence-corrected chi connectivity index (χ3v) is 4.37. The number of aliphatic hydroxyl groups is 3. The second kappa shape index (κ2) is 8.31. The van der Waals surface area contributed by atoms with E-state index in [-0.39, 0.29) is 6.54 Å². The van der Waals surface area contributed by atoms with E-state index in [2.05, 4.69) is 5.32 Å². The number of rotatable bonds is 6. The molecule has 0 aliphatic carbocycles.